The fourth-order valence-corrected chi connectivity index (χ4v) is 6.05. The van der Waals surface area contributed by atoms with Crippen LogP contribution in [0.1, 0.15) is 45.9 Å². The van der Waals surface area contributed by atoms with Crippen LogP contribution in [-0.2, 0) is 13.0 Å². The number of anilines is 2. The van der Waals surface area contributed by atoms with Gasteiger partial charge >= 0.3 is 0 Å². The molecule has 0 aliphatic rings. The van der Waals surface area contributed by atoms with E-state index in [-0.39, 0.29) is 28.0 Å². The molecule has 2 heterocycles. The van der Waals surface area contributed by atoms with Gasteiger partial charge in [-0.05, 0) is 65.9 Å². The quantitative estimate of drug-likeness (QED) is 0.122. The van der Waals surface area contributed by atoms with E-state index in [4.69, 9.17) is 13.9 Å². The second-order valence-corrected chi connectivity index (χ2v) is 12.8. The van der Waals surface area contributed by atoms with Gasteiger partial charge in [0.25, 0.3) is 11.8 Å². The molecule has 0 saturated heterocycles. The van der Waals surface area contributed by atoms with Gasteiger partial charge in [0.05, 0.1) is 37.2 Å². The van der Waals surface area contributed by atoms with Crippen molar-refractivity contribution < 1.29 is 23.5 Å². The van der Waals surface area contributed by atoms with Crippen molar-refractivity contribution in [1.29, 1.82) is 0 Å². The number of fused-ring (bicyclic) bond motifs is 1. The third-order valence-corrected chi connectivity index (χ3v) is 8.55. The molecule has 0 aliphatic carbocycles. The zero-order chi connectivity index (χ0) is 36.6. The van der Waals surface area contributed by atoms with E-state index in [9.17, 15) is 14.4 Å². The number of carbonyl (C=O) groups excluding carboxylic acids is 2. The number of hydrogen-bond acceptors (Lipinski definition) is 8. The Morgan fingerprint density at radius 1 is 0.865 bits per heavy atom. The number of carbonyl (C=O) groups is 2. The van der Waals surface area contributed by atoms with Gasteiger partial charge in [-0.3, -0.25) is 19.3 Å². The normalized spacial score (nSPS) is 11.2. The SMILES string of the molecule is COc1cc(NC(=O)c2cc(=O)c3ccccc3o2)c(C(=O)Nc2ccc(CCN(Cc3cccc(-n4ccnc4)c3)CC(C)C)cc2)cc1OC. The number of aromatic nitrogens is 2. The zero-order valence-corrected chi connectivity index (χ0v) is 29.6. The Kier molecular flexibility index (Phi) is 11.1. The Labute approximate surface area is 301 Å². The van der Waals surface area contributed by atoms with Gasteiger partial charge in [-0.2, -0.15) is 0 Å². The molecule has 0 saturated carbocycles. The first-order valence-corrected chi connectivity index (χ1v) is 17.0. The van der Waals surface area contributed by atoms with Gasteiger partial charge in [0.1, 0.15) is 5.58 Å². The first-order valence-electron chi connectivity index (χ1n) is 17.0. The van der Waals surface area contributed by atoms with Gasteiger partial charge in [0.15, 0.2) is 22.7 Å². The number of methoxy groups -OCH3 is 2. The lowest BCUT2D eigenvalue weighted by Crippen LogP contribution is -2.29. The summed E-state index contributed by atoms with van der Waals surface area (Å²) in [7, 11) is 2.91. The molecule has 11 nitrogen and oxygen atoms in total. The zero-order valence-electron chi connectivity index (χ0n) is 29.6. The Balaban J connectivity index is 1.14. The van der Waals surface area contributed by atoms with Crippen molar-refractivity contribution >= 4 is 34.2 Å². The van der Waals surface area contributed by atoms with Crippen molar-refractivity contribution in [2.24, 2.45) is 5.92 Å². The average Bonchev–Trinajstić information content (AvgIpc) is 3.70. The summed E-state index contributed by atoms with van der Waals surface area (Å²) >= 11 is 0. The number of rotatable bonds is 14. The number of ether oxygens (including phenoxy) is 2. The van der Waals surface area contributed by atoms with Crippen LogP contribution in [0.25, 0.3) is 16.7 Å². The summed E-state index contributed by atoms with van der Waals surface area (Å²) in [5.74, 6) is -0.271. The molecule has 0 unspecified atom stereocenters. The molecule has 6 rings (SSSR count). The van der Waals surface area contributed by atoms with Crippen LogP contribution in [0.3, 0.4) is 0 Å². The predicted octanol–water partition coefficient (Wildman–Crippen LogP) is 7.20. The second-order valence-electron chi connectivity index (χ2n) is 12.8. The van der Waals surface area contributed by atoms with Gasteiger partial charge < -0.3 is 29.1 Å². The summed E-state index contributed by atoms with van der Waals surface area (Å²) in [5.41, 5.74) is 4.22. The number of imidazole rings is 1. The summed E-state index contributed by atoms with van der Waals surface area (Å²) in [4.78, 5) is 46.3. The Hall–Kier alpha value is -6.20. The van der Waals surface area contributed by atoms with E-state index in [1.807, 2.05) is 35.0 Å². The average molecular weight is 700 g/mol. The lowest BCUT2D eigenvalue weighted by Gasteiger charge is -2.25. The highest BCUT2D eigenvalue weighted by Crippen LogP contribution is 2.34. The minimum absolute atomic E-state index is 0.125. The fraction of sp³-hybridized carbons (Fsp3) is 0.220. The largest absolute Gasteiger partial charge is 0.493 e. The number of nitrogens with one attached hydrogen (secondary N) is 2. The van der Waals surface area contributed by atoms with Crippen molar-refractivity contribution in [3.8, 4) is 17.2 Å². The summed E-state index contributed by atoms with van der Waals surface area (Å²) in [6.45, 7) is 7.10. The molecular weight excluding hydrogens is 658 g/mol. The van der Waals surface area contributed by atoms with E-state index in [1.165, 1.54) is 31.9 Å². The van der Waals surface area contributed by atoms with Gasteiger partial charge in [0, 0.05) is 55.5 Å². The van der Waals surface area contributed by atoms with E-state index in [0.717, 1.165) is 43.4 Å². The number of hydrogen-bond donors (Lipinski definition) is 2. The van der Waals surface area contributed by atoms with Crippen LogP contribution in [0.4, 0.5) is 11.4 Å². The topological polar surface area (TPSA) is 128 Å². The van der Waals surface area contributed by atoms with Crippen LogP contribution >= 0.6 is 0 Å². The van der Waals surface area contributed by atoms with Gasteiger partial charge in [0.2, 0.25) is 0 Å². The van der Waals surface area contributed by atoms with E-state index >= 15 is 0 Å². The molecule has 4 aromatic carbocycles. The molecule has 0 fully saturated rings. The molecule has 2 amide bonds. The first kappa shape index (κ1) is 35.6. The first-order chi connectivity index (χ1) is 25.2. The van der Waals surface area contributed by atoms with Crippen LogP contribution in [0.5, 0.6) is 11.5 Å². The Morgan fingerprint density at radius 2 is 1.63 bits per heavy atom. The molecule has 0 spiro atoms. The molecule has 52 heavy (non-hydrogen) atoms. The molecule has 0 aliphatic heterocycles. The molecule has 6 aromatic rings. The molecule has 266 valence electrons. The lowest BCUT2D eigenvalue weighted by molar-refractivity contribution is 0.0997. The van der Waals surface area contributed by atoms with E-state index in [2.05, 4.69) is 58.6 Å². The molecule has 2 aromatic heterocycles. The fourth-order valence-electron chi connectivity index (χ4n) is 6.05. The molecule has 11 heteroatoms. The maximum atomic E-state index is 13.7. The van der Waals surface area contributed by atoms with Gasteiger partial charge in [-0.15, -0.1) is 0 Å². The Morgan fingerprint density at radius 3 is 2.37 bits per heavy atom. The summed E-state index contributed by atoms with van der Waals surface area (Å²) in [6, 6.07) is 27.0. The highest BCUT2D eigenvalue weighted by atomic mass is 16.5. The molecular formula is C41H41N5O6. The lowest BCUT2D eigenvalue weighted by atomic mass is 10.1. The summed E-state index contributed by atoms with van der Waals surface area (Å²) in [5, 5.41) is 5.99. The third-order valence-electron chi connectivity index (χ3n) is 8.55. The Bertz CT molecular complexity index is 2230. The van der Waals surface area contributed by atoms with Crippen LogP contribution < -0.4 is 25.5 Å². The molecule has 0 bridgehead atoms. The molecule has 2 N–H and O–H groups in total. The minimum Gasteiger partial charge on any atom is -0.493 e. The summed E-state index contributed by atoms with van der Waals surface area (Å²) in [6.07, 6.45) is 6.35. The highest BCUT2D eigenvalue weighted by Gasteiger charge is 2.21. The number of benzene rings is 4. The maximum Gasteiger partial charge on any atom is 0.291 e. The van der Waals surface area contributed by atoms with E-state index in [1.54, 1.807) is 36.8 Å². The van der Waals surface area contributed by atoms with E-state index < -0.39 is 11.8 Å². The smallest absolute Gasteiger partial charge is 0.291 e. The molecule has 0 radical (unpaired) electrons. The second kappa shape index (κ2) is 16.2. The van der Waals surface area contributed by atoms with Crippen molar-refractivity contribution in [3.63, 3.8) is 0 Å². The standard InChI is InChI=1S/C41H41N5O6/c1-27(2)24-45(25-29-8-7-9-31(20-29)46-19-17-42-26-46)18-16-28-12-14-30(15-13-28)43-40(48)33-21-37(50-3)38(51-4)22-34(33)44-41(49)39-23-35(47)32-10-5-6-11-36(32)52-39/h5-15,17,19-23,26-27H,16,18,24-25H2,1-4H3,(H,43,48)(H,44,49). The van der Waals surface area contributed by atoms with Crippen LogP contribution in [0.2, 0.25) is 0 Å². The van der Waals surface area contributed by atoms with Crippen molar-refractivity contribution in [2.45, 2.75) is 26.8 Å². The number of amides is 2. The number of nitrogens with zero attached hydrogens (tertiary/aromatic N) is 3. The number of para-hydroxylation sites is 1. The van der Waals surface area contributed by atoms with Crippen molar-refractivity contribution in [1.82, 2.24) is 14.5 Å². The van der Waals surface area contributed by atoms with Crippen LogP contribution in [0, 0.1) is 5.92 Å². The maximum absolute atomic E-state index is 13.7. The van der Waals surface area contributed by atoms with Crippen LogP contribution in [-0.4, -0.2) is 53.6 Å². The highest BCUT2D eigenvalue weighted by molar-refractivity contribution is 6.12. The van der Waals surface area contributed by atoms with Gasteiger partial charge in [-0.1, -0.05) is 50.2 Å². The van der Waals surface area contributed by atoms with Gasteiger partial charge in [-0.25, -0.2) is 4.98 Å². The third kappa shape index (κ3) is 8.56. The van der Waals surface area contributed by atoms with Crippen LogP contribution in [0.15, 0.2) is 119 Å². The van der Waals surface area contributed by atoms with Crippen molar-refractivity contribution in [2.75, 3.05) is 37.9 Å². The molecule has 0 atom stereocenters. The summed E-state index contributed by atoms with van der Waals surface area (Å²) < 4.78 is 18.6. The predicted molar refractivity (Wildman–Crippen MR) is 202 cm³/mol. The van der Waals surface area contributed by atoms with Crippen molar-refractivity contribution in [3.05, 3.63) is 142 Å². The van der Waals surface area contributed by atoms with E-state index in [0.29, 0.717) is 28.5 Å². The minimum atomic E-state index is -0.703. The monoisotopic (exact) mass is 699 g/mol.